The molecule has 114 valence electrons. The van der Waals surface area contributed by atoms with Crippen molar-refractivity contribution in [3.05, 3.63) is 16.1 Å². The first kappa shape index (κ1) is 17.3. The number of halogens is 2. The van der Waals surface area contributed by atoms with Crippen LogP contribution in [0.5, 0.6) is 0 Å². The number of nitrogens with zero attached hydrogens (tertiary/aromatic N) is 2. The van der Waals surface area contributed by atoms with Crippen LogP contribution in [0.1, 0.15) is 13.8 Å². The minimum atomic E-state index is -0.882. The van der Waals surface area contributed by atoms with Gasteiger partial charge in [0, 0.05) is 19.6 Å². The van der Waals surface area contributed by atoms with E-state index in [1.165, 1.54) is 0 Å². The summed E-state index contributed by atoms with van der Waals surface area (Å²) in [6.45, 7) is 5.30. The van der Waals surface area contributed by atoms with E-state index in [1.807, 2.05) is 25.9 Å². The molecule has 0 aliphatic carbocycles. The predicted octanol–water partition coefficient (Wildman–Crippen LogP) is 2.54. The molecular weight excluding hydrogens is 299 g/mol. The lowest BCUT2D eigenvalue weighted by molar-refractivity contribution is 0.0459. The number of hydrogen-bond acceptors (Lipinski definition) is 5. The van der Waals surface area contributed by atoms with Gasteiger partial charge in [-0.05, 0) is 34.0 Å². The Morgan fingerprint density at radius 1 is 1.25 bits per heavy atom. The molecule has 3 N–H and O–H groups in total. The highest BCUT2D eigenvalue weighted by atomic mass is 35.5. The molecule has 7 heteroatoms. The van der Waals surface area contributed by atoms with Crippen molar-refractivity contribution in [1.29, 1.82) is 0 Å². The average molecular weight is 321 g/mol. The number of hydrogen-bond donors (Lipinski definition) is 3. The Bertz CT molecular complexity index is 452. The third kappa shape index (κ3) is 5.32. The Balaban J connectivity index is 2.79. The first-order valence-corrected chi connectivity index (χ1v) is 7.21. The molecule has 0 fully saturated rings. The Kier molecular flexibility index (Phi) is 6.33. The van der Waals surface area contributed by atoms with Gasteiger partial charge in [0.05, 0.1) is 15.6 Å². The van der Waals surface area contributed by atoms with Crippen molar-refractivity contribution in [1.82, 2.24) is 9.88 Å². The maximum absolute atomic E-state index is 10.2. The summed E-state index contributed by atoms with van der Waals surface area (Å²) >= 11 is 12.2. The van der Waals surface area contributed by atoms with Crippen molar-refractivity contribution in [2.24, 2.45) is 0 Å². The van der Waals surface area contributed by atoms with E-state index < -0.39 is 5.60 Å². The van der Waals surface area contributed by atoms with Gasteiger partial charge in [0.2, 0.25) is 0 Å². The SMILES string of the molecule is CCNc1nc(NCC(C)(O)CN(C)C)c(Cl)cc1Cl. The molecule has 1 heterocycles. The summed E-state index contributed by atoms with van der Waals surface area (Å²) in [5, 5.41) is 17.3. The van der Waals surface area contributed by atoms with Crippen molar-refractivity contribution in [3.63, 3.8) is 0 Å². The van der Waals surface area contributed by atoms with E-state index in [0.717, 1.165) is 0 Å². The molecular formula is C13H22Cl2N4O. The Morgan fingerprint density at radius 2 is 1.80 bits per heavy atom. The smallest absolute Gasteiger partial charge is 0.147 e. The molecule has 0 amide bonds. The van der Waals surface area contributed by atoms with Gasteiger partial charge in [-0.3, -0.25) is 0 Å². The normalized spacial score (nSPS) is 14.2. The highest BCUT2D eigenvalue weighted by Gasteiger charge is 2.22. The van der Waals surface area contributed by atoms with E-state index in [9.17, 15) is 5.11 Å². The lowest BCUT2D eigenvalue weighted by Gasteiger charge is -2.27. The third-order valence-electron chi connectivity index (χ3n) is 2.57. The fraction of sp³-hybridized carbons (Fsp3) is 0.615. The van der Waals surface area contributed by atoms with Gasteiger partial charge in [0.15, 0.2) is 0 Å². The van der Waals surface area contributed by atoms with Crippen LogP contribution >= 0.6 is 23.2 Å². The molecule has 0 bridgehead atoms. The lowest BCUT2D eigenvalue weighted by atomic mass is 10.1. The van der Waals surface area contributed by atoms with Crippen LogP contribution in [-0.2, 0) is 0 Å². The molecule has 1 atom stereocenters. The van der Waals surface area contributed by atoms with Gasteiger partial charge >= 0.3 is 0 Å². The fourth-order valence-electron chi connectivity index (χ4n) is 1.89. The van der Waals surface area contributed by atoms with Crippen LogP contribution in [0.15, 0.2) is 6.07 Å². The molecule has 1 aromatic rings. The molecule has 5 nitrogen and oxygen atoms in total. The maximum atomic E-state index is 10.2. The second kappa shape index (κ2) is 7.31. The van der Waals surface area contributed by atoms with Crippen LogP contribution in [0.3, 0.4) is 0 Å². The van der Waals surface area contributed by atoms with Crippen LogP contribution in [0.25, 0.3) is 0 Å². The predicted molar refractivity (Wildman–Crippen MR) is 86.1 cm³/mol. The van der Waals surface area contributed by atoms with Gasteiger partial charge in [-0.2, -0.15) is 0 Å². The summed E-state index contributed by atoms with van der Waals surface area (Å²) in [4.78, 5) is 6.25. The quantitative estimate of drug-likeness (QED) is 0.720. The van der Waals surface area contributed by atoms with Gasteiger partial charge in [0.1, 0.15) is 11.6 Å². The van der Waals surface area contributed by atoms with Gasteiger partial charge in [0.25, 0.3) is 0 Å². The van der Waals surface area contributed by atoms with Crippen molar-refractivity contribution in [3.8, 4) is 0 Å². The molecule has 20 heavy (non-hydrogen) atoms. The molecule has 1 unspecified atom stereocenters. The zero-order valence-corrected chi connectivity index (χ0v) is 13.8. The van der Waals surface area contributed by atoms with Crippen molar-refractivity contribution < 1.29 is 5.11 Å². The first-order chi connectivity index (χ1) is 9.25. The minimum absolute atomic E-state index is 0.338. The molecule has 0 aliphatic heterocycles. The van der Waals surface area contributed by atoms with E-state index in [4.69, 9.17) is 23.2 Å². The largest absolute Gasteiger partial charge is 0.387 e. The number of aromatic nitrogens is 1. The van der Waals surface area contributed by atoms with Gasteiger partial charge in [-0.15, -0.1) is 0 Å². The minimum Gasteiger partial charge on any atom is -0.387 e. The Morgan fingerprint density at radius 3 is 2.30 bits per heavy atom. The van der Waals surface area contributed by atoms with E-state index in [-0.39, 0.29) is 0 Å². The van der Waals surface area contributed by atoms with Crippen LogP contribution in [0.4, 0.5) is 11.6 Å². The van der Waals surface area contributed by atoms with Gasteiger partial charge in [-0.25, -0.2) is 4.98 Å². The summed E-state index contributed by atoms with van der Waals surface area (Å²) in [7, 11) is 3.82. The molecule has 1 aromatic heterocycles. The summed E-state index contributed by atoms with van der Waals surface area (Å²) in [6, 6.07) is 1.64. The highest BCUT2D eigenvalue weighted by Crippen LogP contribution is 2.29. The van der Waals surface area contributed by atoms with E-state index in [2.05, 4.69) is 15.6 Å². The van der Waals surface area contributed by atoms with Crippen molar-refractivity contribution >= 4 is 34.8 Å². The van der Waals surface area contributed by atoms with Crippen LogP contribution in [0, 0.1) is 0 Å². The fourth-order valence-corrected chi connectivity index (χ4v) is 2.39. The lowest BCUT2D eigenvalue weighted by Crippen LogP contribution is -2.43. The van der Waals surface area contributed by atoms with E-state index in [0.29, 0.717) is 41.3 Å². The topological polar surface area (TPSA) is 60.4 Å². The summed E-state index contributed by atoms with van der Waals surface area (Å²) in [5.74, 6) is 1.08. The zero-order chi connectivity index (χ0) is 15.3. The standard InChI is InChI=1S/C13H22Cl2N4O/c1-5-16-11-9(14)6-10(15)12(18-11)17-7-13(2,20)8-19(3)4/h6,20H,5,7-8H2,1-4H3,(H2,16,17,18). The highest BCUT2D eigenvalue weighted by molar-refractivity contribution is 6.37. The summed E-state index contributed by atoms with van der Waals surface area (Å²) < 4.78 is 0. The molecule has 1 rings (SSSR count). The summed E-state index contributed by atoms with van der Waals surface area (Å²) in [6.07, 6.45) is 0. The first-order valence-electron chi connectivity index (χ1n) is 6.46. The van der Waals surface area contributed by atoms with E-state index >= 15 is 0 Å². The second-order valence-electron chi connectivity index (χ2n) is 5.27. The number of likely N-dealkylation sites (N-methyl/N-ethyl adjacent to an activating group) is 1. The molecule has 0 radical (unpaired) electrons. The van der Waals surface area contributed by atoms with Gasteiger partial charge in [-0.1, -0.05) is 23.2 Å². The number of nitrogens with one attached hydrogen (secondary N) is 2. The number of rotatable bonds is 7. The monoisotopic (exact) mass is 320 g/mol. The van der Waals surface area contributed by atoms with Crippen LogP contribution < -0.4 is 10.6 Å². The third-order valence-corrected chi connectivity index (χ3v) is 3.14. The van der Waals surface area contributed by atoms with Gasteiger partial charge < -0.3 is 20.6 Å². The molecule has 0 saturated heterocycles. The Hall–Kier alpha value is -0.750. The number of aliphatic hydroxyl groups is 1. The van der Waals surface area contributed by atoms with Crippen molar-refractivity contribution in [2.75, 3.05) is 44.4 Å². The molecule has 0 spiro atoms. The average Bonchev–Trinajstić information content (AvgIpc) is 2.29. The molecule has 0 aliphatic rings. The van der Waals surface area contributed by atoms with Crippen LogP contribution in [0.2, 0.25) is 10.0 Å². The molecule has 0 saturated carbocycles. The second-order valence-corrected chi connectivity index (χ2v) is 6.08. The van der Waals surface area contributed by atoms with Crippen LogP contribution in [-0.4, -0.2) is 54.3 Å². The summed E-state index contributed by atoms with van der Waals surface area (Å²) in [5.41, 5.74) is -0.882. The van der Waals surface area contributed by atoms with Crippen molar-refractivity contribution in [2.45, 2.75) is 19.4 Å². The number of pyridine rings is 1. The maximum Gasteiger partial charge on any atom is 0.147 e. The zero-order valence-electron chi connectivity index (χ0n) is 12.3. The Labute approximate surface area is 130 Å². The van der Waals surface area contributed by atoms with E-state index in [1.54, 1.807) is 13.0 Å². The number of anilines is 2. The molecule has 0 aromatic carbocycles.